The minimum Gasteiger partial charge on any atom is -0.497 e. The maximum Gasteiger partial charge on any atom is 0.118 e. The zero-order valence-electron chi connectivity index (χ0n) is 8.58. The van der Waals surface area contributed by atoms with E-state index < -0.39 is 0 Å². The Bertz CT molecular complexity index is 332. The molecule has 14 heavy (non-hydrogen) atoms. The Balaban J connectivity index is 2.69. The standard InChI is InChI=1S/C12H15NO/c1-3-4-5-12(13)10-6-8-11(14-2)9-7-10/h6-9,12H,5,13H2,1-2H3. The molecule has 1 rings (SSSR count). The Kier molecular flexibility index (Phi) is 4.03. The molecule has 0 fully saturated rings. The van der Waals surface area contributed by atoms with E-state index in [2.05, 4.69) is 11.8 Å². The molecule has 0 heterocycles. The van der Waals surface area contributed by atoms with Crippen LogP contribution in [0.4, 0.5) is 0 Å². The molecule has 1 aromatic carbocycles. The van der Waals surface area contributed by atoms with Crippen molar-refractivity contribution in [3.63, 3.8) is 0 Å². The number of ether oxygens (including phenoxy) is 1. The number of hydrogen-bond donors (Lipinski definition) is 1. The second kappa shape index (κ2) is 5.31. The lowest BCUT2D eigenvalue weighted by Crippen LogP contribution is -2.08. The molecule has 0 spiro atoms. The number of methoxy groups -OCH3 is 1. The van der Waals surface area contributed by atoms with Gasteiger partial charge in [0.2, 0.25) is 0 Å². The van der Waals surface area contributed by atoms with Crippen molar-refractivity contribution >= 4 is 0 Å². The minimum absolute atomic E-state index is 0.00615. The van der Waals surface area contributed by atoms with Gasteiger partial charge in [0.25, 0.3) is 0 Å². The highest BCUT2D eigenvalue weighted by Crippen LogP contribution is 2.17. The fourth-order valence-corrected chi connectivity index (χ4v) is 1.18. The largest absolute Gasteiger partial charge is 0.497 e. The highest BCUT2D eigenvalue weighted by atomic mass is 16.5. The van der Waals surface area contributed by atoms with Crippen LogP contribution in [0.1, 0.15) is 24.9 Å². The van der Waals surface area contributed by atoms with Crippen molar-refractivity contribution in [3.05, 3.63) is 29.8 Å². The summed E-state index contributed by atoms with van der Waals surface area (Å²) in [6.07, 6.45) is 0.697. The van der Waals surface area contributed by atoms with E-state index in [1.54, 1.807) is 7.11 Å². The number of rotatable bonds is 3. The second-order valence-electron chi connectivity index (χ2n) is 3.01. The van der Waals surface area contributed by atoms with E-state index in [9.17, 15) is 0 Å². The first kappa shape index (κ1) is 10.6. The van der Waals surface area contributed by atoms with Gasteiger partial charge >= 0.3 is 0 Å². The van der Waals surface area contributed by atoms with E-state index in [1.165, 1.54) is 0 Å². The van der Waals surface area contributed by atoms with Crippen molar-refractivity contribution in [1.29, 1.82) is 0 Å². The fraction of sp³-hybridized carbons (Fsp3) is 0.333. The monoisotopic (exact) mass is 189 g/mol. The molecule has 2 N–H and O–H groups in total. The molecule has 0 saturated carbocycles. The van der Waals surface area contributed by atoms with Crippen LogP contribution < -0.4 is 10.5 Å². The van der Waals surface area contributed by atoms with Gasteiger partial charge in [0, 0.05) is 12.5 Å². The predicted octanol–water partition coefficient (Wildman–Crippen LogP) is 2.11. The zero-order chi connectivity index (χ0) is 10.4. The summed E-state index contributed by atoms with van der Waals surface area (Å²) >= 11 is 0. The van der Waals surface area contributed by atoms with Crippen LogP contribution in [0, 0.1) is 11.8 Å². The quantitative estimate of drug-likeness (QED) is 0.739. The third-order valence-electron chi connectivity index (χ3n) is 2.04. The van der Waals surface area contributed by atoms with Gasteiger partial charge in [-0.1, -0.05) is 12.1 Å². The lowest BCUT2D eigenvalue weighted by molar-refractivity contribution is 0.414. The molecule has 0 bridgehead atoms. The summed E-state index contributed by atoms with van der Waals surface area (Å²) in [6, 6.07) is 7.76. The van der Waals surface area contributed by atoms with E-state index >= 15 is 0 Å². The Morgan fingerprint density at radius 2 is 2.00 bits per heavy atom. The van der Waals surface area contributed by atoms with Gasteiger partial charge in [-0.3, -0.25) is 0 Å². The summed E-state index contributed by atoms with van der Waals surface area (Å²) in [5, 5.41) is 0. The molecule has 0 aliphatic rings. The van der Waals surface area contributed by atoms with Gasteiger partial charge in [-0.25, -0.2) is 0 Å². The molecule has 0 amide bonds. The van der Waals surface area contributed by atoms with E-state index in [4.69, 9.17) is 10.5 Å². The number of nitrogens with two attached hydrogens (primary N) is 1. The van der Waals surface area contributed by atoms with Crippen molar-refractivity contribution in [3.8, 4) is 17.6 Å². The van der Waals surface area contributed by atoms with E-state index in [-0.39, 0.29) is 6.04 Å². The SMILES string of the molecule is CC#CCC(N)c1ccc(OC)cc1. The molecule has 0 radical (unpaired) electrons. The Hall–Kier alpha value is -1.46. The van der Waals surface area contributed by atoms with Crippen LogP contribution in [0.2, 0.25) is 0 Å². The first-order valence-corrected chi connectivity index (χ1v) is 4.57. The summed E-state index contributed by atoms with van der Waals surface area (Å²) < 4.78 is 5.06. The highest BCUT2D eigenvalue weighted by Gasteiger charge is 2.03. The number of benzene rings is 1. The van der Waals surface area contributed by atoms with Crippen LogP contribution >= 0.6 is 0 Å². The highest BCUT2D eigenvalue weighted by molar-refractivity contribution is 5.29. The van der Waals surface area contributed by atoms with Gasteiger partial charge in [-0.15, -0.1) is 11.8 Å². The summed E-state index contributed by atoms with van der Waals surface area (Å²) in [6.45, 7) is 1.82. The van der Waals surface area contributed by atoms with Gasteiger partial charge in [0.05, 0.1) is 7.11 Å². The summed E-state index contributed by atoms with van der Waals surface area (Å²) in [5.74, 6) is 6.65. The van der Waals surface area contributed by atoms with Crippen LogP contribution in [-0.4, -0.2) is 7.11 Å². The van der Waals surface area contributed by atoms with E-state index in [1.807, 2.05) is 31.2 Å². The smallest absolute Gasteiger partial charge is 0.118 e. The van der Waals surface area contributed by atoms with E-state index in [0.29, 0.717) is 6.42 Å². The van der Waals surface area contributed by atoms with Crippen LogP contribution in [0.25, 0.3) is 0 Å². The molecular formula is C12H15NO. The van der Waals surface area contributed by atoms with Crippen molar-refractivity contribution in [1.82, 2.24) is 0 Å². The average molecular weight is 189 g/mol. The van der Waals surface area contributed by atoms with Crippen molar-refractivity contribution in [2.45, 2.75) is 19.4 Å². The lowest BCUT2D eigenvalue weighted by atomic mass is 10.1. The molecule has 0 saturated heterocycles. The molecule has 1 unspecified atom stereocenters. The summed E-state index contributed by atoms with van der Waals surface area (Å²) in [5.41, 5.74) is 7.02. The van der Waals surface area contributed by atoms with Crippen LogP contribution in [0.3, 0.4) is 0 Å². The second-order valence-corrected chi connectivity index (χ2v) is 3.01. The average Bonchev–Trinajstić information content (AvgIpc) is 2.26. The van der Waals surface area contributed by atoms with E-state index in [0.717, 1.165) is 11.3 Å². The van der Waals surface area contributed by atoms with Crippen molar-refractivity contribution < 1.29 is 4.74 Å². The molecule has 0 aliphatic carbocycles. The summed E-state index contributed by atoms with van der Waals surface area (Å²) in [7, 11) is 1.65. The predicted molar refractivity (Wildman–Crippen MR) is 58.0 cm³/mol. The topological polar surface area (TPSA) is 35.2 Å². The molecule has 0 aliphatic heterocycles. The zero-order valence-corrected chi connectivity index (χ0v) is 8.58. The van der Waals surface area contributed by atoms with Gasteiger partial charge < -0.3 is 10.5 Å². The van der Waals surface area contributed by atoms with Crippen LogP contribution in [0.15, 0.2) is 24.3 Å². The Morgan fingerprint density at radius 3 is 2.50 bits per heavy atom. The molecular weight excluding hydrogens is 174 g/mol. The molecule has 2 heteroatoms. The van der Waals surface area contributed by atoms with Crippen molar-refractivity contribution in [2.75, 3.05) is 7.11 Å². The molecule has 74 valence electrons. The molecule has 1 atom stereocenters. The fourth-order valence-electron chi connectivity index (χ4n) is 1.18. The molecule has 0 aromatic heterocycles. The van der Waals surface area contributed by atoms with Gasteiger partial charge in [0.1, 0.15) is 5.75 Å². The Morgan fingerprint density at radius 1 is 1.36 bits per heavy atom. The lowest BCUT2D eigenvalue weighted by Gasteiger charge is -2.08. The third-order valence-corrected chi connectivity index (χ3v) is 2.04. The number of hydrogen-bond acceptors (Lipinski definition) is 2. The first-order valence-electron chi connectivity index (χ1n) is 4.57. The van der Waals surface area contributed by atoms with Gasteiger partial charge in [0.15, 0.2) is 0 Å². The third kappa shape index (κ3) is 2.79. The maximum absolute atomic E-state index is 5.93. The molecule has 1 aromatic rings. The maximum atomic E-state index is 5.93. The van der Waals surface area contributed by atoms with Crippen LogP contribution in [0.5, 0.6) is 5.75 Å². The van der Waals surface area contributed by atoms with Gasteiger partial charge in [-0.2, -0.15) is 0 Å². The first-order chi connectivity index (χ1) is 6.77. The van der Waals surface area contributed by atoms with Gasteiger partial charge in [-0.05, 0) is 24.6 Å². The van der Waals surface area contributed by atoms with Crippen LogP contribution in [-0.2, 0) is 0 Å². The summed E-state index contributed by atoms with van der Waals surface area (Å²) in [4.78, 5) is 0. The minimum atomic E-state index is -0.00615. The normalized spacial score (nSPS) is 11.4. The van der Waals surface area contributed by atoms with Crippen molar-refractivity contribution in [2.24, 2.45) is 5.73 Å². The molecule has 2 nitrogen and oxygen atoms in total. The Labute approximate surface area is 85.1 Å².